The number of hydrogen-bond donors (Lipinski definition) is 0. The maximum atomic E-state index is 12.0. The maximum Gasteiger partial charge on any atom is 0.409 e. The zero-order chi connectivity index (χ0) is 17.2. The van der Waals surface area contributed by atoms with Gasteiger partial charge in [0.25, 0.3) is 0 Å². The van der Waals surface area contributed by atoms with Crippen LogP contribution >= 0.6 is 0 Å². The standard InChI is InChI=1S/C20H29NO3/c1-21(20(22)24-16-19-6-4-3-5-7-19)14-12-17-8-10-18(11-9-17)13-15-23-2/h3-7,13,15,17-18H,8-12,14,16H2,1-2H3/b15-13+. The Bertz CT molecular complexity index is 507. The molecule has 1 aromatic rings. The van der Waals surface area contributed by atoms with E-state index >= 15 is 0 Å². The second-order valence-corrected chi connectivity index (χ2v) is 6.60. The first-order valence-electron chi connectivity index (χ1n) is 8.80. The Morgan fingerprint density at radius 1 is 1.21 bits per heavy atom. The van der Waals surface area contributed by atoms with Crippen LogP contribution in [0.1, 0.15) is 37.7 Å². The van der Waals surface area contributed by atoms with Gasteiger partial charge in [0.2, 0.25) is 0 Å². The quantitative estimate of drug-likeness (QED) is 0.685. The fourth-order valence-electron chi connectivity index (χ4n) is 3.16. The molecule has 24 heavy (non-hydrogen) atoms. The molecule has 1 aliphatic rings. The van der Waals surface area contributed by atoms with Crippen LogP contribution in [0.25, 0.3) is 0 Å². The number of allylic oxidation sites excluding steroid dienone is 1. The number of rotatable bonds is 7. The van der Waals surface area contributed by atoms with Crippen LogP contribution in [0.5, 0.6) is 0 Å². The van der Waals surface area contributed by atoms with Gasteiger partial charge in [-0.2, -0.15) is 0 Å². The molecule has 0 atom stereocenters. The van der Waals surface area contributed by atoms with Gasteiger partial charge in [0.1, 0.15) is 6.61 Å². The third kappa shape index (κ3) is 6.26. The first-order valence-corrected chi connectivity index (χ1v) is 8.80. The molecule has 0 radical (unpaired) electrons. The van der Waals surface area contributed by atoms with Gasteiger partial charge >= 0.3 is 6.09 Å². The van der Waals surface area contributed by atoms with Crippen molar-refractivity contribution in [1.29, 1.82) is 0 Å². The van der Waals surface area contributed by atoms with E-state index in [1.54, 1.807) is 18.3 Å². The van der Waals surface area contributed by atoms with E-state index in [1.165, 1.54) is 25.7 Å². The van der Waals surface area contributed by atoms with Crippen LogP contribution in [0.2, 0.25) is 0 Å². The van der Waals surface area contributed by atoms with Crippen LogP contribution in [0.3, 0.4) is 0 Å². The van der Waals surface area contributed by atoms with Crippen molar-refractivity contribution in [2.75, 3.05) is 20.7 Å². The lowest BCUT2D eigenvalue weighted by molar-refractivity contribution is 0.101. The fraction of sp³-hybridized carbons (Fsp3) is 0.550. The summed E-state index contributed by atoms with van der Waals surface area (Å²) in [5, 5.41) is 0. The smallest absolute Gasteiger partial charge is 0.409 e. The van der Waals surface area contributed by atoms with Crippen molar-refractivity contribution < 1.29 is 14.3 Å². The minimum atomic E-state index is -0.240. The number of amides is 1. The molecule has 1 aromatic carbocycles. The van der Waals surface area contributed by atoms with Crippen LogP contribution < -0.4 is 0 Å². The van der Waals surface area contributed by atoms with Crippen LogP contribution in [0, 0.1) is 11.8 Å². The van der Waals surface area contributed by atoms with E-state index in [-0.39, 0.29) is 6.09 Å². The molecule has 1 amide bonds. The van der Waals surface area contributed by atoms with E-state index in [1.807, 2.05) is 37.4 Å². The summed E-state index contributed by atoms with van der Waals surface area (Å²) in [5.74, 6) is 1.36. The number of methoxy groups -OCH3 is 1. The van der Waals surface area contributed by atoms with Crippen molar-refractivity contribution in [3.05, 3.63) is 48.2 Å². The average molecular weight is 331 g/mol. The van der Waals surface area contributed by atoms with Crippen LogP contribution in [-0.2, 0) is 16.1 Å². The molecule has 0 aromatic heterocycles. The maximum absolute atomic E-state index is 12.0. The molecular weight excluding hydrogens is 302 g/mol. The zero-order valence-corrected chi connectivity index (χ0v) is 14.8. The Morgan fingerprint density at radius 2 is 1.92 bits per heavy atom. The van der Waals surface area contributed by atoms with E-state index in [0.717, 1.165) is 18.5 Å². The Balaban J connectivity index is 1.63. The highest BCUT2D eigenvalue weighted by molar-refractivity contribution is 5.67. The van der Waals surface area contributed by atoms with Crippen LogP contribution in [0.4, 0.5) is 4.79 Å². The number of carbonyl (C=O) groups excluding carboxylic acids is 1. The molecule has 132 valence electrons. The van der Waals surface area contributed by atoms with Gasteiger partial charge in [-0.1, -0.05) is 30.3 Å². The lowest BCUT2D eigenvalue weighted by atomic mass is 9.80. The summed E-state index contributed by atoms with van der Waals surface area (Å²) in [6.45, 7) is 1.10. The summed E-state index contributed by atoms with van der Waals surface area (Å²) in [6.07, 6.45) is 9.66. The van der Waals surface area contributed by atoms with Crippen molar-refractivity contribution >= 4 is 6.09 Å². The number of carbonyl (C=O) groups is 1. The highest BCUT2D eigenvalue weighted by Crippen LogP contribution is 2.31. The Labute approximate surface area is 145 Å². The predicted octanol–water partition coefficient (Wildman–Crippen LogP) is 4.61. The molecule has 0 aliphatic heterocycles. The van der Waals surface area contributed by atoms with Gasteiger partial charge in [-0.05, 0) is 55.6 Å². The minimum Gasteiger partial charge on any atom is -0.505 e. The summed E-state index contributed by atoms with van der Waals surface area (Å²) >= 11 is 0. The molecule has 0 heterocycles. The van der Waals surface area contributed by atoms with Crippen molar-refractivity contribution in [3.63, 3.8) is 0 Å². The Hall–Kier alpha value is -1.97. The normalized spacial score (nSPS) is 20.8. The highest BCUT2D eigenvalue weighted by atomic mass is 16.6. The third-order valence-electron chi connectivity index (χ3n) is 4.77. The van der Waals surface area contributed by atoms with Crippen LogP contribution in [0.15, 0.2) is 42.7 Å². The number of hydrogen-bond acceptors (Lipinski definition) is 3. The molecule has 0 N–H and O–H groups in total. The first-order chi connectivity index (χ1) is 11.7. The Morgan fingerprint density at radius 3 is 2.58 bits per heavy atom. The SMILES string of the molecule is CO/C=C/C1CCC(CCN(C)C(=O)OCc2ccccc2)CC1. The second-order valence-electron chi connectivity index (χ2n) is 6.60. The second kappa shape index (κ2) is 10.0. The summed E-state index contributed by atoms with van der Waals surface area (Å²) in [6, 6.07) is 9.78. The van der Waals surface area contributed by atoms with Gasteiger partial charge in [-0.15, -0.1) is 0 Å². The molecule has 0 spiro atoms. The van der Waals surface area contributed by atoms with Gasteiger partial charge in [-0.3, -0.25) is 0 Å². The number of ether oxygens (including phenoxy) is 2. The molecule has 2 rings (SSSR count). The van der Waals surface area contributed by atoms with E-state index in [0.29, 0.717) is 18.4 Å². The summed E-state index contributed by atoms with van der Waals surface area (Å²) in [4.78, 5) is 13.7. The zero-order valence-electron chi connectivity index (χ0n) is 14.8. The number of nitrogens with zero attached hydrogens (tertiary/aromatic N) is 1. The van der Waals surface area contributed by atoms with E-state index in [9.17, 15) is 4.79 Å². The molecule has 0 bridgehead atoms. The number of benzene rings is 1. The molecule has 0 saturated heterocycles. The van der Waals surface area contributed by atoms with Crippen LogP contribution in [-0.4, -0.2) is 31.7 Å². The monoisotopic (exact) mass is 331 g/mol. The largest absolute Gasteiger partial charge is 0.505 e. The van der Waals surface area contributed by atoms with Gasteiger partial charge in [-0.25, -0.2) is 4.79 Å². The summed E-state index contributed by atoms with van der Waals surface area (Å²) < 4.78 is 10.3. The van der Waals surface area contributed by atoms with Crippen molar-refractivity contribution in [1.82, 2.24) is 4.90 Å². The Kier molecular flexibility index (Phi) is 7.66. The molecule has 1 saturated carbocycles. The summed E-state index contributed by atoms with van der Waals surface area (Å²) in [5.41, 5.74) is 1.02. The topological polar surface area (TPSA) is 38.8 Å². The lowest BCUT2D eigenvalue weighted by Crippen LogP contribution is -2.30. The summed E-state index contributed by atoms with van der Waals surface area (Å²) in [7, 11) is 3.51. The predicted molar refractivity (Wildman–Crippen MR) is 95.5 cm³/mol. The fourth-order valence-corrected chi connectivity index (χ4v) is 3.16. The average Bonchev–Trinajstić information content (AvgIpc) is 2.64. The van der Waals surface area contributed by atoms with Crippen molar-refractivity contribution in [3.8, 4) is 0 Å². The lowest BCUT2D eigenvalue weighted by Gasteiger charge is -2.28. The van der Waals surface area contributed by atoms with Gasteiger partial charge in [0.05, 0.1) is 13.4 Å². The molecule has 4 heteroatoms. The van der Waals surface area contributed by atoms with E-state index in [2.05, 4.69) is 6.08 Å². The molecular formula is C20H29NO3. The molecule has 1 fully saturated rings. The van der Waals surface area contributed by atoms with E-state index < -0.39 is 0 Å². The first kappa shape index (κ1) is 18.4. The van der Waals surface area contributed by atoms with Crippen molar-refractivity contribution in [2.24, 2.45) is 11.8 Å². The minimum absolute atomic E-state index is 0.240. The van der Waals surface area contributed by atoms with Gasteiger partial charge in [0, 0.05) is 13.6 Å². The van der Waals surface area contributed by atoms with Gasteiger partial charge in [0.15, 0.2) is 0 Å². The molecule has 0 unspecified atom stereocenters. The van der Waals surface area contributed by atoms with E-state index in [4.69, 9.17) is 9.47 Å². The van der Waals surface area contributed by atoms with Gasteiger partial charge < -0.3 is 14.4 Å². The van der Waals surface area contributed by atoms with Crippen molar-refractivity contribution in [2.45, 2.75) is 38.7 Å². The molecule has 4 nitrogen and oxygen atoms in total. The third-order valence-corrected chi connectivity index (χ3v) is 4.77. The highest BCUT2D eigenvalue weighted by Gasteiger charge is 2.20. The molecule has 1 aliphatic carbocycles.